The third-order valence-corrected chi connectivity index (χ3v) is 3.50. The molecular formula is C11H13F9NO-. The minimum Gasteiger partial charge on any atom is -0.613 e. The number of rotatable bonds is 3. The quantitative estimate of drug-likeness (QED) is 0.730. The first-order valence-electron chi connectivity index (χ1n) is 6.29. The van der Waals surface area contributed by atoms with Crippen LogP contribution in [0.5, 0.6) is 0 Å². The Hall–Kier alpha value is -0.710. The van der Waals surface area contributed by atoms with Gasteiger partial charge in [0.2, 0.25) is 0 Å². The lowest BCUT2D eigenvalue weighted by Gasteiger charge is -2.57. The maximum absolute atomic E-state index is 12.6. The highest BCUT2D eigenvalue weighted by molar-refractivity contribution is 5.21. The summed E-state index contributed by atoms with van der Waals surface area (Å²) >= 11 is 0. The van der Waals surface area contributed by atoms with Crippen LogP contribution in [-0.2, 0) is 0 Å². The van der Waals surface area contributed by atoms with Crippen molar-refractivity contribution in [3.63, 3.8) is 0 Å². The van der Waals surface area contributed by atoms with Crippen molar-refractivity contribution in [2.75, 3.05) is 0 Å². The average molecular weight is 346 g/mol. The van der Waals surface area contributed by atoms with E-state index < -0.39 is 49.1 Å². The summed E-state index contributed by atoms with van der Waals surface area (Å²) in [6.07, 6.45) is -20.3. The third kappa shape index (κ3) is 4.18. The van der Waals surface area contributed by atoms with Crippen LogP contribution < -0.4 is 0 Å². The Bertz CT molecular complexity index is 364. The molecule has 1 N–H and O–H groups in total. The molecular weight excluding hydrogens is 333 g/mol. The topological polar surface area (TPSA) is 34.3 Å². The van der Waals surface area contributed by atoms with Crippen LogP contribution >= 0.6 is 0 Å². The molecule has 2 nitrogen and oxygen atoms in total. The molecule has 1 aliphatic carbocycles. The number of hydrogen-bond acceptors (Lipinski definition) is 1. The van der Waals surface area contributed by atoms with Crippen molar-refractivity contribution in [2.24, 2.45) is 0 Å². The summed E-state index contributed by atoms with van der Waals surface area (Å²) in [7, 11) is 0. The smallest absolute Gasteiger partial charge is 0.407 e. The summed E-state index contributed by atoms with van der Waals surface area (Å²) in [5.41, 5.74) is -8.14. The maximum Gasteiger partial charge on any atom is 0.407 e. The lowest BCUT2D eigenvalue weighted by atomic mass is 9.78. The van der Waals surface area contributed by atoms with Gasteiger partial charge >= 0.3 is 18.5 Å². The van der Waals surface area contributed by atoms with Gasteiger partial charge in [0.1, 0.15) is 0 Å². The van der Waals surface area contributed by atoms with Crippen molar-refractivity contribution < 1.29 is 44.6 Å². The van der Waals surface area contributed by atoms with Gasteiger partial charge in [0.25, 0.3) is 0 Å². The van der Waals surface area contributed by atoms with Crippen molar-refractivity contribution in [1.82, 2.24) is 0 Å². The summed E-state index contributed by atoms with van der Waals surface area (Å²) in [6, 6.07) is 0. The second kappa shape index (κ2) is 5.73. The van der Waals surface area contributed by atoms with E-state index in [0.29, 0.717) is 6.42 Å². The van der Waals surface area contributed by atoms with Crippen molar-refractivity contribution >= 4 is 0 Å². The van der Waals surface area contributed by atoms with E-state index in [2.05, 4.69) is 5.32 Å². The Morgan fingerprint density at radius 3 is 1.50 bits per heavy atom. The van der Waals surface area contributed by atoms with Gasteiger partial charge in [-0.25, -0.2) is 0 Å². The second-order valence-electron chi connectivity index (χ2n) is 5.36. The molecule has 0 spiro atoms. The Kier molecular flexibility index (Phi) is 5.04. The van der Waals surface area contributed by atoms with Crippen LogP contribution in [0.15, 0.2) is 0 Å². The maximum atomic E-state index is 12.6. The van der Waals surface area contributed by atoms with Gasteiger partial charge in [0.05, 0.1) is 0 Å². The highest BCUT2D eigenvalue weighted by atomic mass is 19.4. The van der Waals surface area contributed by atoms with E-state index in [1.807, 2.05) is 0 Å². The molecule has 0 bridgehead atoms. The Morgan fingerprint density at radius 2 is 1.18 bits per heavy atom. The molecule has 1 rings (SSSR count). The monoisotopic (exact) mass is 346 g/mol. The molecule has 0 amide bonds. The zero-order chi connectivity index (χ0) is 17.4. The molecule has 0 aliphatic heterocycles. The summed E-state index contributed by atoms with van der Waals surface area (Å²) in [4.78, 5) is 0. The number of alkyl halides is 9. The minimum atomic E-state index is -6.26. The predicted molar refractivity (Wildman–Crippen MR) is 56.9 cm³/mol. The van der Waals surface area contributed by atoms with Crippen molar-refractivity contribution in [3.05, 3.63) is 5.32 Å². The van der Waals surface area contributed by atoms with Crippen LogP contribution in [0.1, 0.15) is 38.5 Å². The van der Waals surface area contributed by atoms with E-state index in [0.717, 1.165) is 0 Å². The van der Waals surface area contributed by atoms with Crippen molar-refractivity contribution in [1.29, 1.82) is 0 Å². The van der Waals surface area contributed by atoms with Crippen LogP contribution in [0.4, 0.5) is 39.5 Å². The van der Waals surface area contributed by atoms with Gasteiger partial charge in [0, 0.05) is 6.42 Å². The SMILES string of the molecule is OC([N-]C1(CC(F)(F)F)CCCCC1)(C(F)(F)F)C(F)(F)F. The molecule has 11 heteroatoms. The highest BCUT2D eigenvalue weighted by Crippen LogP contribution is 2.54. The zero-order valence-electron chi connectivity index (χ0n) is 11.0. The number of hydrogen-bond donors (Lipinski definition) is 1. The summed E-state index contributed by atoms with van der Waals surface area (Å²) in [5.74, 6) is 0. The van der Waals surface area contributed by atoms with Crippen LogP contribution in [-0.4, -0.2) is 34.9 Å². The van der Waals surface area contributed by atoms with Crippen LogP contribution in [0.2, 0.25) is 0 Å². The minimum absolute atomic E-state index is 0.00533. The van der Waals surface area contributed by atoms with E-state index in [-0.39, 0.29) is 12.8 Å². The fourth-order valence-electron chi connectivity index (χ4n) is 2.54. The lowest BCUT2D eigenvalue weighted by Crippen LogP contribution is -2.60. The summed E-state index contributed by atoms with van der Waals surface area (Å²) in [5, 5.41) is 11.3. The van der Waals surface area contributed by atoms with E-state index in [1.165, 1.54) is 0 Å². The van der Waals surface area contributed by atoms with Gasteiger partial charge in [-0.1, -0.05) is 32.1 Å². The largest absolute Gasteiger partial charge is 0.613 e. The predicted octanol–water partition coefficient (Wildman–Crippen LogP) is 4.83. The highest BCUT2D eigenvalue weighted by Gasteiger charge is 2.64. The molecule has 0 unspecified atom stereocenters. The van der Waals surface area contributed by atoms with E-state index >= 15 is 0 Å². The summed E-state index contributed by atoms with van der Waals surface area (Å²) in [6.45, 7) is 0. The standard InChI is InChI=1S/C11H13F9NO/c12-8(13,14)6-7(4-2-1-3-5-7)21-9(22,10(15,16)17)11(18,19)20/h22H,1-6H2/q-1. The molecule has 0 saturated heterocycles. The van der Waals surface area contributed by atoms with Gasteiger partial charge in [-0.15, -0.1) is 5.54 Å². The molecule has 132 valence electrons. The first kappa shape index (κ1) is 19.3. The summed E-state index contributed by atoms with van der Waals surface area (Å²) < 4.78 is 113. The molecule has 1 aliphatic rings. The van der Waals surface area contributed by atoms with E-state index in [1.54, 1.807) is 0 Å². The number of aliphatic hydroxyl groups is 1. The Balaban J connectivity index is 3.20. The first-order valence-corrected chi connectivity index (χ1v) is 6.29. The molecule has 22 heavy (non-hydrogen) atoms. The van der Waals surface area contributed by atoms with E-state index in [4.69, 9.17) is 5.11 Å². The van der Waals surface area contributed by atoms with Gasteiger partial charge in [-0.2, -0.15) is 39.5 Å². The fraction of sp³-hybridized carbons (Fsp3) is 1.00. The Labute approximate surface area is 119 Å². The van der Waals surface area contributed by atoms with Crippen molar-refractivity contribution in [2.45, 2.75) is 68.3 Å². The molecule has 1 saturated carbocycles. The molecule has 0 aromatic carbocycles. The normalized spacial score (nSPS) is 21.0. The van der Waals surface area contributed by atoms with Crippen LogP contribution in [0.25, 0.3) is 5.32 Å². The molecule has 0 aromatic rings. The lowest BCUT2D eigenvalue weighted by molar-refractivity contribution is -0.355. The van der Waals surface area contributed by atoms with Crippen molar-refractivity contribution in [3.8, 4) is 0 Å². The average Bonchev–Trinajstić information content (AvgIpc) is 2.24. The van der Waals surface area contributed by atoms with Gasteiger partial charge < -0.3 is 10.4 Å². The molecule has 0 radical (unpaired) electrons. The van der Waals surface area contributed by atoms with Crippen LogP contribution in [0.3, 0.4) is 0 Å². The third-order valence-electron chi connectivity index (χ3n) is 3.50. The molecule has 1 fully saturated rings. The fourth-order valence-corrected chi connectivity index (χ4v) is 2.54. The zero-order valence-corrected chi connectivity index (χ0v) is 11.0. The number of halogens is 9. The molecule has 0 heterocycles. The molecule has 0 atom stereocenters. The number of nitrogens with zero attached hydrogens (tertiary/aromatic N) is 1. The van der Waals surface area contributed by atoms with Gasteiger partial charge in [0.15, 0.2) is 5.72 Å². The van der Waals surface area contributed by atoms with Gasteiger partial charge in [-0.05, 0) is 0 Å². The van der Waals surface area contributed by atoms with Crippen LogP contribution in [0, 0.1) is 0 Å². The van der Waals surface area contributed by atoms with E-state index in [9.17, 15) is 39.5 Å². The first-order chi connectivity index (χ1) is 9.62. The second-order valence-corrected chi connectivity index (χ2v) is 5.36. The Morgan fingerprint density at radius 1 is 0.773 bits per heavy atom. The van der Waals surface area contributed by atoms with Gasteiger partial charge in [-0.3, -0.25) is 0 Å². The molecule has 0 aromatic heterocycles.